The lowest BCUT2D eigenvalue weighted by molar-refractivity contribution is 0.378. The van der Waals surface area contributed by atoms with E-state index in [4.69, 9.17) is 11.6 Å². The van der Waals surface area contributed by atoms with Crippen LogP contribution in [0.15, 0.2) is 18.2 Å². The fourth-order valence-electron chi connectivity index (χ4n) is 3.13. The van der Waals surface area contributed by atoms with Crippen molar-refractivity contribution in [1.29, 1.82) is 5.26 Å². The fourth-order valence-corrected chi connectivity index (χ4v) is 3.29. The Bertz CT molecular complexity index is 575. The molecule has 1 N–H and O–H groups in total. The molecule has 1 aromatic carbocycles. The summed E-state index contributed by atoms with van der Waals surface area (Å²) in [7, 11) is 0. The summed E-state index contributed by atoms with van der Waals surface area (Å²) >= 11 is 6.26. The molecule has 1 heterocycles. The van der Waals surface area contributed by atoms with E-state index in [0.29, 0.717) is 0 Å². The van der Waals surface area contributed by atoms with Crippen molar-refractivity contribution in [1.82, 2.24) is 5.32 Å². The number of halogens is 1. The molecule has 0 atom stereocenters. The number of fused-ring (bicyclic) bond motifs is 2. The molecule has 92 valence electrons. The highest BCUT2D eigenvalue weighted by atomic mass is 35.5. The van der Waals surface area contributed by atoms with Crippen molar-refractivity contribution in [2.75, 3.05) is 13.1 Å². The molecule has 1 aromatic rings. The van der Waals surface area contributed by atoms with E-state index in [1.807, 2.05) is 6.92 Å². The number of nitrogens with one attached hydrogen (secondary N) is 1. The SMILES string of the molecule is Cc1cc2c(cc1Cl)C1(C=C2C#N)CCNCC1. The minimum absolute atomic E-state index is 0.0307. The Kier molecular flexibility index (Phi) is 2.69. The van der Waals surface area contributed by atoms with Gasteiger partial charge in [0.2, 0.25) is 0 Å². The molecule has 0 amide bonds. The zero-order valence-electron chi connectivity index (χ0n) is 10.4. The van der Waals surface area contributed by atoms with Gasteiger partial charge in [0.1, 0.15) is 0 Å². The number of rotatable bonds is 0. The van der Waals surface area contributed by atoms with Gasteiger partial charge in [-0.15, -0.1) is 0 Å². The van der Waals surface area contributed by atoms with Crippen molar-refractivity contribution in [2.45, 2.75) is 25.2 Å². The molecule has 0 aromatic heterocycles. The summed E-state index contributed by atoms with van der Waals surface area (Å²) in [6.07, 6.45) is 4.25. The van der Waals surface area contributed by atoms with Crippen LogP contribution in [0.3, 0.4) is 0 Å². The first-order valence-electron chi connectivity index (χ1n) is 6.31. The molecule has 0 unspecified atom stereocenters. The minimum Gasteiger partial charge on any atom is -0.317 e. The molecule has 0 radical (unpaired) electrons. The van der Waals surface area contributed by atoms with Gasteiger partial charge in [-0.25, -0.2) is 0 Å². The Morgan fingerprint density at radius 2 is 2.06 bits per heavy atom. The predicted octanol–water partition coefficient (Wildman–Crippen LogP) is 3.19. The second-order valence-corrected chi connectivity index (χ2v) is 5.63. The first-order chi connectivity index (χ1) is 8.66. The lowest BCUT2D eigenvalue weighted by Gasteiger charge is -2.33. The summed E-state index contributed by atoms with van der Waals surface area (Å²) in [4.78, 5) is 0. The van der Waals surface area contributed by atoms with Gasteiger partial charge in [-0.05, 0) is 61.7 Å². The number of nitriles is 1. The van der Waals surface area contributed by atoms with Crippen LogP contribution in [-0.2, 0) is 5.41 Å². The van der Waals surface area contributed by atoms with Crippen molar-refractivity contribution in [3.8, 4) is 6.07 Å². The number of benzene rings is 1. The average Bonchev–Trinajstić information content (AvgIpc) is 2.66. The van der Waals surface area contributed by atoms with Crippen molar-refractivity contribution in [3.05, 3.63) is 39.9 Å². The third-order valence-electron chi connectivity index (χ3n) is 4.16. The van der Waals surface area contributed by atoms with Crippen molar-refractivity contribution in [2.24, 2.45) is 0 Å². The van der Waals surface area contributed by atoms with E-state index in [1.165, 1.54) is 5.56 Å². The summed E-state index contributed by atoms with van der Waals surface area (Å²) in [5.74, 6) is 0. The number of allylic oxidation sites excluding steroid dienone is 2. The normalized spacial score (nSPS) is 20.4. The van der Waals surface area contributed by atoms with Crippen LogP contribution in [0.1, 0.15) is 29.5 Å². The largest absolute Gasteiger partial charge is 0.317 e. The molecule has 18 heavy (non-hydrogen) atoms. The van der Waals surface area contributed by atoms with Crippen LogP contribution in [0, 0.1) is 18.3 Å². The summed E-state index contributed by atoms with van der Waals surface area (Å²) < 4.78 is 0. The molecule has 0 saturated carbocycles. The van der Waals surface area contributed by atoms with E-state index in [0.717, 1.165) is 47.7 Å². The molecule has 2 nitrogen and oxygen atoms in total. The summed E-state index contributed by atoms with van der Waals surface area (Å²) in [6, 6.07) is 6.46. The second kappa shape index (κ2) is 4.12. The van der Waals surface area contributed by atoms with Gasteiger partial charge in [0.15, 0.2) is 0 Å². The molecular weight excluding hydrogens is 244 g/mol. The molecule has 3 heteroatoms. The van der Waals surface area contributed by atoms with E-state index in [2.05, 4.69) is 29.6 Å². The molecular formula is C15H15ClN2. The van der Waals surface area contributed by atoms with Crippen LogP contribution in [-0.4, -0.2) is 13.1 Å². The fraction of sp³-hybridized carbons (Fsp3) is 0.400. The topological polar surface area (TPSA) is 35.8 Å². The third kappa shape index (κ3) is 1.59. The Balaban J connectivity index is 2.20. The number of nitrogens with zero attached hydrogens (tertiary/aromatic N) is 1. The van der Waals surface area contributed by atoms with E-state index < -0.39 is 0 Å². The van der Waals surface area contributed by atoms with Gasteiger partial charge in [0.05, 0.1) is 11.6 Å². The van der Waals surface area contributed by atoms with E-state index in [9.17, 15) is 5.26 Å². The molecule has 1 aliphatic carbocycles. The lowest BCUT2D eigenvalue weighted by atomic mass is 9.75. The first-order valence-corrected chi connectivity index (χ1v) is 6.69. The second-order valence-electron chi connectivity index (χ2n) is 5.22. The van der Waals surface area contributed by atoms with Gasteiger partial charge in [-0.2, -0.15) is 5.26 Å². The zero-order valence-corrected chi connectivity index (χ0v) is 11.1. The van der Waals surface area contributed by atoms with Gasteiger partial charge >= 0.3 is 0 Å². The number of hydrogen-bond acceptors (Lipinski definition) is 2. The van der Waals surface area contributed by atoms with Crippen molar-refractivity contribution in [3.63, 3.8) is 0 Å². The van der Waals surface area contributed by atoms with E-state index >= 15 is 0 Å². The van der Waals surface area contributed by atoms with Gasteiger partial charge < -0.3 is 5.32 Å². The Morgan fingerprint density at radius 1 is 1.33 bits per heavy atom. The molecule has 3 rings (SSSR count). The summed E-state index contributed by atoms with van der Waals surface area (Å²) in [6.45, 7) is 3.99. The lowest BCUT2D eigenvalue weighted by Crippen LogP contribution is -2.37. The standard InChI is InChI=1S/C15H15ClN2/c1-10-6-12-11(9-17)8-15(2-4-18-5-3-15)13(12)7-14(10)16/h6-8,18H,2-5H2,1H3. The monoisotopic (exact) mass is 258 g/mol. The highest BCUT2D eigenvalue weighted by Gasteiger charge is 2.39. The first kappa shape index (κ1) is 11.8. The number of hydrogen-bond donors (Lipinski definition) is 1. The van der Waals surface area contributed by atoms with Gasteiger partial charge in [0.25, 0.3) is 0 Å². The van der Waals surface area contributed by atoms with Gasteiger partial charge in [0, 0.05) is 10.4 Å². The smallest absolute Gasteiger partial charge is 0.0995 e. The van der Waals surface area contributed by atoms with E-state index in [1.54, 1.807) is 0 Å². The Labute approximate surface area is 112 Å². The predicted molar refractivity (Wildman–Crippen MR) is 73.6 cm³/mol. The van der Waals surface area contributed by atoms with Crippen molar-refractivity contribution < 1.29 is 0 Å². The Morgan fingerprint density at radius 3 is 2.72 bits per heavy atom. The highest BCUT2D eigenvalue weighted by molar-refractivity contribution is 6.31. The van der Waals surface area contributed by atoms with E-state index in [-0.39, 0.29) is 5.41 Å². The maximum atomic E-state index is 9.32. The quantitative estimate of drug-likeness (QED) is 0.776. The van der Waals surface area contributed by atoms with Crippen LogP contribution in [0.25, 0.3) is 5.57 Å². The Hall–Kier alpha value is -1.30. The number of aryl methyl sites for hydroxylation is 1. The van der Waals surface area contributed by atoms with Crippen LogP contribution in [0.4, 0.5) is 0 Å². The maximum absolute atomic E-state index is 9.32. The molecule has 2 aliphatic rings. The zero-order chi connectivity index (χ0) is 12.8. The number of piperidine rings is 1. The van der Waals surface area contributed by atoms with Crippen LogP contribution in [0.2, 0.25) is 5.02 Å². The van der Waals surface area contributed by atoms with Gasteiger partial charge in [-0.3, -0.25) is 0 Å². The maximum Gasteiger partial charge on any atom is 0.0995 e. The van der Waals surface area contributed by atoms with Crippen molar-refractivity contribution >= 4 is 17.2 Å². The van der Waals surface area contributed by atoms with Crippen LogP contribution in [0.5, 0.6) is 0 Å². The molecule has 1 aliphatic heterocycles. The molecule has 0 bridgehead atoms. The summed E-state index contributed by atoms with van der Waals surface area (Å²) in [5, 5.41) is 13.5. The minimum atomic E-state index is 0.0307. The van der Waals surface area contributed by atoms with Crippen LogP contribution < -0.4 is 5.32 Å². The average molecular weight is 259 g/mol. The highest BCUT2D eigenvalue weighted by Crippen LogP contribution is 2.47. The summed E-state index contributed by atoms with van der Waals surface area (Å²) in [5.41, 5.74) is 4.22. The molecule has 1 spiro atoms. The van der Waals surface area contributed by atoms with Gasteiger partial charge in [-0.1, -0.05) is 17.7 Å². The van der Waals surface area contributed by atoms with Crippen LogP contribution >= 0.6 is 11.6 Å². The third-order valence-corrected chi connectivity index (χ3v) is 4.57. The molecule has 1 fully saturated rings. The molecule has 1 saturated heterocycles.